The predicted molar refractivity (Wildman–Crippen MR) is 91.5 cm³/mol. The first kappa shape index (κ1) is 17.2. The maximum atomic E-state index is 13.6. The smallest absolute Gasteiger partial charge is 0.222 e. The Morgan fingerprint density at radius 1 is 1.21 bits per heavy atom. The van der Waals surface area contributed by atoms with Crippen LogP contribution in [0.15, 0.2) is 24.3 Å². The zero-order chi connectivity index (χ0) is 16.9. The van der Waals surface area contributed by atoms with E-state index >= 15 is 0 Å². The van der Waals surface area contributed by atoms with Crippen LogP contribution in [-0.4, -0.2) is 54.0 Å². The molecule has 0 N–H and O–H groups in total. The van der Waals surface area contributed by atoms with Gasteiger partial charge in [-0.2, -0.15) is 0 Å². The van der Waals surface area contributed by atoms with Gasteiger partial charge in [0.2, 0.25) is 5.91 Å². The fraction of sp³-hybridized carbons (Fsp3) is 0.632. The van der Waals surface area contributed by atoms with Gasteiger partial charge in [-0.25, -0.2) is 4.39 Å². The van der Waals surface area contributed by atoms with Gasteiger partial charge in [0.1, 0.15) is 6.61 Å². The van der Waals surface area contributed by atoms with Crippen LogP contribution in [0, 0.1) is 5.82 Å². The molecule has 5 heteroatoms. The monoisotopic (exact) mass is 334 g/mol. The van der Waals surface area contributed by atoms with Crippen LogP contribution in [0.2, 0.25) is 0 Å². The number of halogens is 1. The average molecular weight is 334 g/mol. The van der Waals surface area contributed by atoms with E-state index in [0.717, 1.165) is 45.3 Å². The summed E-state index contributed by atoms with van der Waals surface area (Å²) in [7, 11) is 0. The molecule has 2 atom stereocenters. The SMILES string of the molecule is CCC(=O)N1CCC[C@H]1[C@H]1CCCN1CCOc1ccccc1F. The first-order chi connectivity index (χ1) is 11.7. The third-order valence-corrected chi connectivity index (χ3v) is 5.25. The van der Waals surface area contributed by atoms with Crippen molar-refractivity contribution in [3.63, 3.8) is 0 Å². The molecule has 0 saturated carbocycles. The molecule has 132 valence electrons. The summed E-state index contributed by atoms with van der Waals surface area (Å²) < 4.78 is 19.2. The van der Waals surface area contributed by atoms with Crippen molar-refractivity contribution in [3.05, 3.63) is 30.1 Å². The summed E-state index contributed by atoms with van der Waals surface area (Å²) in [6, 6.07) is 7.29. The maximum Gasteiger partial charge on any atom is 0.222 e. The molecule has 0 radical (unpaired) electrons. The number of rotatable bonds is 6. The van der Waals surface area contributed by atoms with Gasteiger partial charge in [0.05, 0.1) is 0 Å². The molecule has 2 heterocycles. The largest absolute Gasteiger partial charge is 0.489 e. The highest BCUT2D eigenvalue weighted by atomic mass is 19.1. The summed E-state index contributed by atoms with van der Waals surface area (Å²) in [5, 5.41) is 0. The van der Waals surface area contributed by atoms with E-state index in [1.807, 2.05) is 6.92 Å². The molecule has 0 unspecified atom stereocenters. The molecule has 2 saturated heterocycles. The lowest BCUT2D eigenvalue weighted by molar-refractivity contribution is -0.132. The van der Waals surface area contributed by atoms with Crippen molar-refractivity contribution >= 4 is 5.91 Å². The standard InChI is InChI=1S/C19H27FN2O2/c1-2-19(23)22-12-6-9-17(22)16-8-5-11-21(16)13-14-24-18-10-4-3-7-15(18)20/h3-4,7,10,16-17H,2,5-6,8-9,11-14H2,1H3/t16-,17+/m1/s1. The molecule has 2 aliphatic heterocycles. The van der Waals surface area contributed by atoms with Crippen LogP contribution in [0.4, 0.5) is 4.39 Å². The Morgan fingerprint density at radius 3 is 2.75 bits per heavy atom. The molecule has 24 heavy (non-hydrogen) atoms. The Bertz CT molecular complexity index is 566. The predicted octanol–water partition coefficient (Wildman–Crippen LogP) is 3.07. The minimum atomic E-state index is -0.314. The Hall–Kier alpha value is -1.62. The molecule has 3 rings (SSSR count). The molecule has 2 aliphatic rings. The van der Waals surface area contributed by atoms with E-state index in [1.54, 1.807) is 18.2 Å². The van der Waals surface area contributed by atoms with E-state index < -0.39 is 0 Å². The van der Waals surface area contributed by atoms with Crippen molar-refractivity contribution in [2.45, 2.75) is 51.1 Å². The highest BCUT2D eigenvalue weighted by molar-refractivity contribution is 5.76. The Balaban J connectivity index is 1.55. The van der Waals surface area contributed by atoms with Gasteiger partial charge in [0, 0.05) is 31.6 Å². The molecule has 0 spiro atoms. The number of hydrogen-bond acceptors (Lipinski definition) is 3. The summed E-state index contributed by atoms with van der Waals surface area (Å²) in [5.41, 5.74) is 0. The third kappa shape index (κ3) is 3.72. The van der Waals surface area contributed by atoms with Gasteiger partial charge in [-0.3, -0.25) is 9.69 Å². The number of carbonyl (C=O) groups is 1. The topological polar surface area (TPSA) is 32.8 Å². The minimum Gasteiger partial charge on any atom is -0.489 e. The van der Waals surface area contributed by atoms with Gasteiger partial charge >= 0.3 is 0 Å². The van der Waals surface area contributed by atoms with Crippen LogP contribution in [0.25, 0.3) is 0 Å². The zero-order valence-electron chi connectivity index (χ0n) is 14.4. The van der Waals surface area contributed by atoms with Crippen molar-refractivity contribution in [1.82, 2.24) is 9.80 Å². The van der Waals surface area contributed by atoms with E-state index in [1.165, 1.54) is 6.07 Å². The van der Waals surface area contributed by atoms with Crippen LogP contribution in [0.1, 0.15) is 39.0 Å². The number of para-hydroxylation sites is 1. The van der Waals surface area contributed by atoms with Crippen LogP contribution < -0.4 is 4.74 Å². The molecule has 0 bridgehead atoms. The highest BCUT2D eigenvalue weighted by Crippen LogP contribution is 2.30. The van der Waals surface area contributed by atoms with Gasteiger partial charge in [0.15, 0.2) is 11.6 Å². The average Bonchev–Trinajstić information content (AvgIpc) is 3.24. The second-order valence-electron chi connectivity index (χ2n) is 6.67. The van der Waals surface area contributed by atoms with E-state index in [4.69, 9.17) is 4.74 Å². The molecule has 0 aliphatic carbocycles. The fourth-order valence-corrected chi connectivity index (χ4v) is 4.11. The van der Waals surface area contributed by atoms with Gasteiger partial charge in [-0.05, 0) is 44.4 Å². The van der Waals surface area contributed by atoms with Gasteiger partial charge in [-0.15, -0.1) is 0 Å². The lowest BCUT2D eigenvalue weighted by Gasteiger charge is -2.35. The van der Waals surface area contributed by atoms with Crippen molar-refractivity contribution < 1.29 is 13.9 Å². The Morgan fingerprint density at radius 2 is 1.96 bits per heavy atom. The Kier molecular flexibility index (Phi) is 5.72. The van der Waals surface area contributed by atoms with Crippen molar-refractivity contribution in [3.8, 4) is 5.75 Å². The summed E-state index contributed by atoms with van der Waals surface area (Å²) in [4.78, 5) is 16.7. The van der Waals surface area contributed by atoms with Gasteiger partial charge in [0.25, 0.3) is 0 Å². The normalized spacial score (nSPS) is 24.5. The van der Waals surface area contributed by atoms with Crippen molar-refractivity contribution in [2.24, 2.45) is 0 Å². The number of carbonyl (C=O) groups excluding carboxylic acids is 1. The number of ether oxygens (including phenoxy) is 1. The molecule has 1 aromatic rings. The lowest BCUT2D eigenvalue weighted by atomic mass is 10.0. The molecule has 4 nitrogen and oxygen atoms in total. The van der Waals surface area contributed by atoms with E-state index in [0.29, 0.717) is 30.9 Å². The number of amides is 1. The summed E-state index contributed by atoms with van der Waals surface area (Å²) in [6.45, 7) is 5.13. The third-order valence-electron chi connectivity index (χ3n) is 5.25. The summed E-state index contributed by atoms with van der Waals surface area (Å²) in [5.74, 6) is 0.273. The van der Waals surface area contributed by atoms with Crippen molar-refractivity contribution in [2.75, 3.05) is 26.2 Å². The zero-order valence-corrected chi connectivity index (χ0v) is 14.4. The van der Waals surface area contributed by atoms with E-state index in [-0.39, 0.29) is 11.7 Å². The first-order valence-electron chi connectivity index (χ1n) is 9.11. The molecule has 1 amide bonds. The fourth-order valence-electron chi connectivity index (χ4n) is 4.11. The number of nitrogens with zero attached hydrogens (tertiary/aromatic N) is 2. The number of likely N-dealkylation sites (tertiary alicyclic amines) is 2. The summed E-state index contributed by atoms with van der Waals surface area (Å²) in [6.07, 6.45) is 5.08. The van der Waals surface area contributed by atoms with Crippen LogP contribution >= 0.6 is 0 Å². The second kappa shape index (κ2) is 7.97. The molecule has 2 fully saturated rings. The molecule has 1 aromatic carbocycles. The second-order valence-corrected chi connectivity index (χ2v) is 6.67. The number of hydrogen-bond donors (Lipinski definition) is 0. The first-order valence-corrected chi connectivity index (χ1v) is 9.11. The van der Waals surface area contributed by atoms with Crippen LogP contribution in [-0.2, 0) is 4.79 Å². The molecule has 0 aromatic heterocycles. The van der Waals surface area contributed by atoms with E-state index in [9.17, 15) is 9.18 Å². The molecular weight excluding hydrogens is 307 g/mol. The summed E-state index contributed by atoms with van der Waals surface area (Å²) >= 11 is 0. The maximum absolute atomic E-state index is 13.6. The quantitative estimate of drug-likeness (QED) is 0.801. The van der Waals surface area contributed by atoms with Crippen LogP contribution in [0.3, 0.4) is 0 Å². The van der Waals surface area contributed by atoms with Crippen molar-refractivity contribution in [1.29, 1.82) is 0 Å². The number of benzene rings is 1. The lowest BCUT2D eigenvalue weighted by Crippen LogP contribution is -2.49. The minimum absolute atomic E-state index is 0.270. The van der Waals surface area contributed by atoms with Crippen LogP contribution in [0.5, 0.6) is 5.75 Å². The van der Waals surface area contributed by atoms with Gasteiger partial charge in [-0.1, -0.05) is 19.1 Å². The highest BCUT2D eigenvalue weighted by Gasteiger charge is 2.38. The van der Waals surface area contributed by atoms with E-state index in [2.05, 4.69) is 9.80 Å². The van der Waals surface area contributed by atoms with Gasteiger partial charge < -0.3 is 9.64 Å². The molecular formula is C19H27FN2O2. The Labute approximate surface area is 143 Å².